The van der Waals surface area contributed by atoms with Gasteiger partial charge in [-0.3, -0.25) is 14.9 Å². The number of carboxylic acid groups (broad SMARTS) is 1. The number of phenolic OH excluding ortho intramolecular Hbond substituents is 1. The lowest BCUT2D eigenvalue weighted by atomic mass is 9.91. The molecular formula is C15H13NO5. The van der Waals surface area contributed by atoms with Crippen LogP contribution in [0, 0.1) is 10.1 Å². The number of rotatable bonds is 5. The molecule has 1 unspecified atom stereocenters. The van der Waals surface area contributed by atoms with Crippen molar-refractivity contribution in [3.05, 3.63) is 69.8 Å². The highest BCUT2D eigenvalue weighted by atomic mass is 16.6. The van der Waals surface area contributed by atoms with Gasteiger partial charge in [0, 0.05) is 11.6 Å². The van der Waals surface area contributed by atoms with Gasteiger partial charge in [0.25, 0.3) is 5.69 Å². The lowest BCUT2D eigenvalue weighted by Crippen LogP contribution is -2.15. The van der Waals surface area contributed by atoms with Crippen LogP contribution in [0.5, 0.6) is 5.75 Å². The summed E-state index contributed by atoms with van der Waals surface area (Å²) in [5, 5.41) is 29.8. The predicted octanol–water partition coefficient (Wildman–Crippen LogP) is 2.71. The van der Waals surface area contributed by atoms with Crippen LogP contribution < -0.4 is 0 Å². The molecule has 108 valence electrons. The molecule has 0 heterocycles. The average molecular weight is 287 g/mol. The molecule has 0 aromatic heterocycles. The Bertz CT molecular complexity index is 683. The van der Waals surface area contributed by atoms with Crippen LogP contribution in [-0.2, 0) is 11.2 Å². The summed E-state index contributed by atoms with van der Waals surface area (Å²) in [5.74, 6) is -2.10. The van der Waals surface area contributed by atoms with Gasteiger partial charge in [0.2, 0.25) is 0 Å². The maximum Gasteiger partial charge on any atom is 0.311 e. The van der Waals surface area contributed by atoms with Crippen LogP contribution >= 0.6 is 0 Å². The summed E-state index contributed by atoms with van der Waals surface area (Å²) in [5.41, 5.74) is 0.641. The van der Waals surface area contributed by atoms with Gasteiger partial charge in [-0.05, 0) is 24.1 Å². The second-order valence-electron chi connectivity index (χ2n) is 4.58. The Morgan fingerprint density at radius 1 is 1.19 bits per heavy atom. The van der Waals surface area contributed by atoms with E-state index < -0.39 is 16.8 Å². The minimum atomic E-state index is -1.10. The number of para-hydroxylation sites is 1. The van der Waals surface area contributed by atoms with Gasteiger partial charge in [0.15, 0.2) is 0 Å². The van der Waals surface area contributed by atoms with Crippen molar-refractivity contribution in [2.45, 2.75) is 12.3 Å². The summed E-state index contributed by atoms with van der Waals surface area (Å²) in [6, 6.07) is 12.0. The molecule has 1 atom stereocenters. The minimum Gasteiger partial charge on any atom is -0.508 e. The van der Waals surface area contributed by atoms with Crippen LogP contribution in [0.2, 0.25) is 0 Å². The molecule has 2 N–H and O–H groups in total. The van der Waals surface area contributed by atoms with Crippen LogP contribution in [0.4, 0.5) is 5.69 Å². The van der Waals surface area contributed by atoms with E-state index in [1.807, 2.05) is 0 Å². The Morgan fingerprint density at radius 2 is 1.90 bits per heavy atom. The van der Waals surface area contributed by atoms with Crippen molar-refractivity contribution < 1.29 is 19.9 Å². The molecule has 0 saturated heterocycles. The molecule has 0 spiro atoms. The van der Waals surface area contributed by atoms with Gasteiger partial charge >= 0.3 is 5.97 Å². The molecule has 0 amide bonds. The fraction of sp³-hybridized carbons (Fsp3) is 0.133. The summed E-state index contributed by atoms with van der Waals surface area (Å²) in [7, 11) is 0. The maximum absolute atomic E-state index is 11.4. The number of nitro benzene ring substituents is 1. The largest absolute Gasteiger partial charge is 0.508 e. The van der Waals surface area contributed by atoms with Crippen molar-refractivity contribution in [1.29, 1.82) is 0 Å². The van der Waals surface area contributed by atoms with Crippen molar-refractivity contribution >= 4 is 11.7 Å². The van der Waals surface area contributed by atoms with E-state index in [1.165, 1.54) is 30.3 Å². The first-order valence-corrected chi connectivity index (χ1v) is 6.23. The smallest absolute Gasteiger partial charge is 0.311 e. The summed E-state index contributed by atoms with van der Waals surface area (Å²) < 4.78 is 0. The SMILES string of the molecule is O=C(O)C(Cc1ccccc1[N+](=O)[O-])c1cccc(O)c1. The molecular weight excluding hydrogens is 274 g/mol. The molecule has 0 saturated carbocycles. The molecule has 2 rings (SSSR count). The molecule has 2 aromatic carbocycles. The van der Waals surface area contributed by atoms with E-state index in [2.05, 4.69) is 0 Å². The lowest BCUT2D eigenvalue weighted by Gasteiger charge is -2.13. The van der Waals surface area contributed by atoms with Gasteiger partial charge in [0.1, 0.15) is 5.75 Å². The molecule has 6 nitrogen and oxygen atoms in total. The van der Waals surface area contributed by atoms with Crippen LogP contribution in [0.1, 0.15) is 17.0 Å². The highest BCUT2D eigenvalue weighted by Crippen LogP contribution is 2.28. The number of benzene rings is 2. The number of hydrogen-bond donors (Lipinski definition) is 2. The number of carbonyl (C=O) groups is 1. The number of aliphatic carboxylic acids is 1. The third-order valence-electron chi connectivity index (χ3n) is 3.18. The zero-order valence-electron chi connectivity index (χ0n) is 11.0. The molecule has 0 bridgehead atoms. The first-order valence-electron chi connectivity index (χ1n) is 6.23. The van der Waals surface area contributed by atoms with E-state index >= 15 is 0 Å². The standard InChI is InChI=1S/C15H13NO5/c17-12-6-3-5-10(8-12)13(15(18)19)9-11-4-1-2-7-14(11)16(20)21/h1-8,13,17H,9H2,(H,18,19). The fourth-order valence-electron chi connectivity index (χ4n) is 2.17. The normalized spacial score (nSPS) is 11.8. The van der Waals surface area contributed by atoms with Crippen molar-refractivity contribution in [3.8, 4) is 5.75 Å². The Labute approximate surface area is 120 Å². The summed E-state index contributed by atoms with van der Waals surface area (Å²) in [6.07, 6.45) is -0.0179. The Kier molecular flexibility index (Phi) is 4.18. The molecule has 6 heteroatoms. The van der Waals surface area contributed by atoms with Gasteiger partial charge in [-0.1, -0.05) is 30.3 Å². The van der Waals surface area contributed by atoms with E-state index in [-0.39, 0.29) is 17.9 Å². The lowest BCUT2D eigenvalue weighted by molar-refractivity contribution is -0.385. The highest BCUT2D eigenvalue weighted by molar-refractivity contribution is 5.77. The third kappa shape index (κ3) is 3.36. The van der Waals surface area contributed by atoms with Crippen molar-refractivity contribution in [3.63, 3.8) is 0 Å². The molecule has 0 fully saturated rings. The number of aromatic hydroxyl groups is 1. The van der Waals surface area contributed by atoms with Crippen LogP contribution in [-0.4, -0.2) is 21.1 Å². The number of nitro groups is 1. The third-order valence-corrected chi connectivity index (χ3v) is 3.18. The quantitative estimate of drug-likeness (QED) is 0.650. The number of carboxylic acids is 1. The Balaban J connectivity index is 2.38. The van der Waals surface area contributed by atoms with Crippen LogP contribution in [0.15, 0.2) is 48.5 Å². The number of nitrogens with zero attached hydrogens (tertiary/aromatic N) is 1. The number of hydrogen-bond acceptors (Lipinski definition) is 4. The first kappa shape index (κ1) is 14.5. The fourth-order valence-corrected chi connectivity index (χ4v) is 2.17. The zero-order chi connectivity index (χ0) is 15.4. The molecule has 0 aliphatic rings. The second-order valence-corrected chi connectivity index (χ2v) is 4.58. The average Bonchev–Trinajstić information content (AvgIpc) is 2.44. The van der Waals surface area contributed by atoms with Crippen molar-refractivity contribution in [1.82, 2.24) is 0 Å². The van der Waals surface area contributed by atoms with Gasteiger partial charge in [-0.25, -0.2) is 0 Å². The predicted molar refractivity (Wildman–Crippen MR) is 75.3 cm³/mol. The van der Waals surface area contributed by atoms with Crippen LogP contribution in [0.3, 0.4) is 0 Å². The van der Waals surface area contributed by atoms with E-state index in [0.29, 0.717) is 11.1 Å². The summed E-state index contributed by atoms with van der Waals surface area (Å²) in [4.78, 5) is 21.9. The van der Waals surface area contributed by atoms with Gasteiger partial charge < -0.3 is 10.2 Å². The highest BCUT2D eigenvalue weighted by Gasteiger charge is 2.24. The Hall–Kier alpha value is -2.89. The Morgan fingerprint density at radius 3 is 2.52 bits per heavy atom. The molecule has 0 radical (unpaired) electrons. The topological polar surface area (TPSA) is 101 Å². The van der Waals surface area contributed by atoms with Crippen LogP contribution in [0.25, 0.3) is 0 Å². The minimum absolute atomic E-state index is 0.0179. The van der Waals surface area contributed by atoms with E-state index in [0.717, 1.165) is 0 Å². The monoisotopic (exact) mass is 287 g/mol. The van der Waals surface area contributed by atoms with Gasteiger partial charge in [-0.15, -0.1) is 0 Å². The van der Waals surface area contributed by atoms with E-state index in [1.54, 1.807) is 18.2 Å². The van der Waals surface area contributed by atoms with Gasteiger partial charge in [-0.2, -0.15) is 0 Å². The maximum atomic E-state index is 11.4. The van der Waals surface area contributed by atoms with Gasteiger partial charge in [0.05, 0.1) is 10.8 Å². The van der Waals surface area contributed by atoms with E-state index in [9.17, 15) is 25.1 Å². The summed E-state index contributed by atoms with van der Waals surface area (Å²) in [6.45, 7) is 0. The second kappa shape index (κ2) is 6.04. The molecule has 0 aliphatic heterocycles. The van der Waals surface area contributed by atoms with Crippen molar-refractivity contribution in [2.75, 3.05) is 0 Å². The zero-order valence-corrected chi connectivity index (χ0v) is 11.0. The summed E-state index contributed by atoms with van der Waals surface area (Å²) >= 11 is 0. The molecule has 2 aromatic rings. The first-order chi connectivity index (χ1) is 9.99. The molecule has 0 aliphatic carbocycles. The number of phenols is 1. The van der Waals surface area contributed by atoms with E-state index in [4.69, 9.17) is 0 Å². The molecule has 21 heavy (non-hydrogen) atoms. The van der Waals surface area contributed by atoms with Crippen molar-refractivity contribution in [2.24, 2.45) is 0 Å².